The Morgan fingerprint density at radius 1 is 1.00 bits per heavy atom. The molecule has 18 heavy (non-hydrogen) atoms. The molecule has 0 atom stereocenters. The van der Waals surface area contributed by atoms with E-state index in [1.807, 2.05) is 0 Å². The molecule has 0 aliphatic carbocycles. The molecule has 0 saturated heterocycles. The Bertz CT molecular complexity index is 552. The van der Waals surface area contributed by atoms with E-state index in [9.17, 15) is 13.2 Å². The van der Waals surface area contributed by atoms with Crippen molar-refractivity contribution in [1.29, 1.82) is 0 Å². The van der Waals surface area contributed by atoms with Crippen molar-refractivity contribution in [3.05, 3.63) is 63.9 Å². The first-order valence-electron chi connectivity index (χ1n) is 5.20. The topological polar surface area (TPSA) is 12.0 Å². The van der Waals surface area contributed by atoms with Crippen LogP contribution in [0, 0.1) is 17.5 Å². The molecule has 1 N–H and O–H groups in total. The maximum absolute atomic E-state index is 13.5. The van der Waals surface area contributed by atoms with E-state index in [4.69, 9.17) is 0 Å². The van der Waals surface area contributed by atoms with Crippen LogP contribution in [0.25, 0.3) is 0 Å². The molecule has 0 heterocycles. The molecule has 0 saturated carbocycles. The zero-order valence-electron chi connectivity index (χ0n) is 9.18. The number of hydrogen-bond donors (Lipinski definition) is 1. The summed E-state index contributed by atoms with van der Waals surface area (Å²) in [5.41, 5.74) is 0.521. The van der Waals surface area contributed by atoms with Crippen LogP contribution in [0.2, 0.25) is 0 Å². The Morgan fingerprint density at radius 3 is 2.44 bits per heavy atom. The third-order valence-electron chi connectivity index (χ3n) is 2.43. The van der Waals surface area contributed by atoms with Gasteiger partial charge in [-0.05, 0) is 34.1 Å². The van der Waals surface area contributed by atoms with E-state index in [0.29, 0.717) is 4.47 Å². The molecule has 0 aliphatic rings. The molecule has 0 aliphatic heterocycles. The van der Waals surface area contributed by atoms with Crippen LogP contribution in [0.1, 0.15) is 5.56 Å². The molecule has 0 bridgehead atoms. The molecule has 0 unspecified atom stereocenters. The summed E-state index contributed by atoms with van der Waals surface area (Å²) in [6, 6.07) is 7.82. The van der Waals surface area contributed by atoms with E-state index < -0.39 is 17.5 Å². The molecule has 0 amide bonds. The van der Waals surface area contributed by atoms with Gasteiger partial charge in [0.05, 0.1) is 5.69 Å². The summed E-state index contributed by atoms with van der Waals surface area (Å²) in [6.07, 6.45) is 0. The normalized spacial score (nSPS) is 10.4. The molecule has 1 nitrogen and oxygen atoms in total. The maximum atomic E-state index is 13.5. The molecule has 94 valence electrons. The van der Waals surface area contributed by atoms with Gasteiger partial charge in [-0.1, -0.05) is 12.1 Å². The summed E-state index contributed by atoms with van der Waals surface area (Å²) in [6.45, 7) is 0.0750. The molecule has 2 aromatic rings. The highest BCUT2D eigenvalue weighted by Crippen LogP contribution is 2.25. The zero-order chi connectivity index (χ0) is 13.1. The second kappa shape index (κ2) is 5.44. The standard InChI is InChI=1S/C13H9BrF3N/c14-10-2-1-3-11(16)13(10)18-7-8-4-5-9(15)6-12(8)17/h1-6,18H,7H2. The SMILES string of the molecule is Fc1ccc(CNc2c(F)cccc2Br)c(F)c1. The monoisotopic (exact) mass is 315 g/mol. The maximum Gasteiger partial charge on any atom is 0.147 e. The third-order valence-corrected chi connectivity index (χ3v) is 3.09. The quantitative estimate of drug-likeness (QED) is 0.880. The highest BCUT2D eigenvalue weighted by Gasteiger charge is 2.08. The predicted molar refractivity (Wildman–Crippen MR) is 67.8 cm³/mol. The summed E-state index contributed by atoms with van der Waals surface area (Å²) in [7, 11) is 0. The number of para-hydroxylation sites is 1. The van der Waals surface area contributed by atoms with Gasteiger partial charge >= 0.3 is 0 Å². The van der Waals surface area contributed by atoms with Gasteiger partial charge in [-0.25, -0.2) is 13.2 Å². The number of hydrogen-bond acceptors (Lipinski definition) is 1. The lowest BCUT2D eigenvalue weighted by atomic mass is 10.2. The number of halogens is 4. The Kier molecular flexibility index (Phi) is 3.91. The summed E-state index contributed by atoms with van der Waals surface area (Å²) >= 11 is 3.19. The highest BCUT2D eigenvalue weighted by molar-refractivity contribution is 9.10. The fraction of sp³-hybridized carbons (Fsp3) is 0.0769. The smallest absolute Gasteiger partial charge is 0.147 e. The second-order valence-electron chi connectivity index (χ2n) is 3.69. The van der Waals surface area contributed by atoms with Crippen molar-refractivity contribution in [3.8, 4) is 0 Å². The van der Waals surface area contributed by atoms with Gasteiger partial charge in [-0.2, -0.15) is 0 Å². The fourth-order valence-electron chi connectivity index (χ4n) is 1.52. The lowest BCUT2D eigenvalue weighted by molar-refractivity contribution is 0.573. The number of nitrogens with one attached hydrogen (secondary N) is 1. The van der Waals surface area contributed by atoms with Crippen molar-refractivity contribution < 1.29 is 13.2 Å². The average molecular weight is 316 g/mol. The second-order valence-corrected chi connectivity index (χ2v) is 4.54. The number of rotatable bonds is 3. The Labute approximate surface area is 111 Å². The third kappa shape index (κ3) is 2.85. The lowest BCUT2D eigenvalue weighted by Crippen LogP contribution is -2.04. The minimum absolute atomic E-state index is 0.0750. The number of benzene rings is 2. The zero-order valence-corrected chi connectivity index (χ0v) is 10.8. The van der Waals surface area contributed by atoms with Gasteiger partial charge in [0.1, 0.15) is 17.5 Å². The molecule has 0 fully saturated rings. The van der Waals surface area contributed by atoms with Crippen molar-refractivity contribution >= 4 is 21.6 Å². The van der Waals surface area contributed by atoms with E-state index in [1.165, 1.54) is 12.1 Å². The first kappa shape index (κ1) is 13.0. The van der Waals surface area contributed by atoms with E-state index in [2.05, 4.69) is 21.2 Å². The van der Waals surface area contributed by atoms with Gasteiger partial charge in [-0.3, -0.25) is 0 Å². The molecule has 0 aromatic heterocycles. The summed E-state index contributed by atoms with van der Waals surface area (Å²) in [5, 5.41) is 2.77. The average Bonchev–Trinajstić information content (AvgIpc) is 2.31. The Hall–Kier alpha value is -1.49. The van der Waals surface area contributed by atoms with Crippen molar-refractivity contribution in [2.24, 2.45) is 0 Å². The molecule has 0 spiro atoms. The first-order chi connectivity index (χ1) is 8.58. The van der Waals surface area contributed by atoms with Gasteiger partial charge < -0.3 is 5.32 Å². The van der Waals surface area contributed by atoms with Crippen LogP contribution in [0.15, 0.2) is 40.9 Å². The van der Waals surface area contributed by atoms with Gasteiger partial charge in [-0.15, -0.1) is 0 Å². The van der Waals surface area contributed by atoms with Crippen LogP contribution in [0.5, 0.6) is 0 Å². The predicted octanol–water partition coefficient (Wildman–Crippen LogP) is 4.48. The summed E-state index contributed by atoms with van der Waals surface area (Å²) < 4.78 is 40.1. The van der Waals surface area contributed by atoms with Crippen LogP contribution < -0.4 is 5.32 Å². The Balaban J connectivity index is 2.16. The van der Waals surface area contributed by atoms with Crippen molar-refractivity contribution in [2.45, 2.75) is 6.54 Å². The minimum Gasteiger partial charge on any atom is -0.378 e. The van der Waals surface area contributed by atoms with Crippen LogP contribution in [0.3, 0.4) is 0 Å². The van der Waals surface area contributed by atoms with Crippen LogP contribution in [-0.4, -0.2) is 0 Å². The van der Waals surface area contributed by atoms with Crippen molar-refractivity contribution in [2.75, 3.05) is 5.32 Å². The van der Waals surface area contributed by atoms with Gasteiger partial charge in [0.2, 0.25) is 0 Å². The molecule has 2 aromatic carbocycles. The van der Waals surface area contributed by atoms with Crippen molar-refractivity contribution in [3.63, 3.8) is 0 Å². The van der Waals surface area contributed by atoms with Crippen molar-refractivity contribution in [1.82, 2.24) is 0 Å². The fourth-order valence-corrected chi connectivity index (χ4v) is 2.00. The van der Waals surface area contributed by atoms with Crippen LogP contribution in [0.4, 0.5) is 18.9 Å². The molecule has 2 rings (SSSR count). The van der Waals surface area contributed by atoms with E-state index >= 15 is 0 Å². The first-order valence-corrected chi connectivity index (χ1v) is 5.99. The summed E-state index contributed by atoms with van der Waals surface area (Å²) in [5.74, 6) is -1.73. The van der Waals surface area contributed by atoms with Crippen LogP contribution >= 0.6 is 15.9 Å². The van der Waals surface area contributed by atoms with Crippen LogP contribution in [-0.2, 0) is 6.54 Å². The largest absolute Gasteiger partial charge is 0.378 e. The summed E-state index contributed by atoms with van der Waals surface area (Å²) in [4.78, 5) is 0. The molecular weight excluding hydrogens is 307 g/mol. The Morgan fingerprint density at radius 2 is 1.78 bits per heavy atom. The minimum atomic E-state index is -0.657. The lowest BCUT2D eigenvalue weighted by Gasteiger charge is -2.10. The molecule has 5 heteroatoms. The molecular formula is C13H9BrF3N. The van der Waals surface area contributed by atoms with Gasteiger partial charge in [0.25, 0.3) is 0 Å². The molecule has 0 radical (unpaired) electrons. The highest BCUT2D eigenvalue weighted by atomic mass is 79.9. The van der Waals surface area contributed by atoms with E-state index in [0.717, 1.165) is 12.1 Å². The van der Waals surface area contributed by atoms with Gasteiger partial charge in [0.15, 0.2) is 0 Å². The van der Waals surface area contributed by atoms with E-state index in [1.54, 1.807) is 12.1 Å². The number of anilines is 1. The van der Waals surface area contributed by atoms with E-state index in [-0.39, 0.29) is 17.8 Å². The van der Waals surface area contributed by atoms with Gasteiger partial charge in [0, 0.05) is 22.6 Å².